The Labute approximate surface area is 239 Å². The standard InChI is InChI=1S/C34H59N3O2/c1-6-14-33-18-19-34(35)26-12-17-32(29(39)37-22-20-36(7-2)21-23-37)15-8-9-25(32)24(26)10-11-27(34)31(33,5)16-13-28(38)30(33,3)4/h24-28,38H,6-23,35H2,1-5H3. The maximum Gasteiger partial charge on any atom is 0.229 e. The molecule has 0 radical (unpaired) electrons. The molecule has 5 nitrogen and oxygen atoms in total. The Balaban J connectivity index is 1.28. The van der Waals surface area contributed by atoms with Crippen LogP contribution in [0.2, 0.25) is 0 Å². The first-order valence-corrected chi connectivity index (χ1v) is 17.0. The third-order valence-electron chi connectivity index (χ3n) is 15.0. The highest BCUT2D eigenvalue weighted by molar-refractivity contribution is 5.84. The second-order valence-corrected chi connectivity index (χ2v) is 16.0. The molecule has 6 aliphatic rings. The topological polar surface area (TPSA) is 69.8 Å². The Morgan fingerprint density at radius 1 is 0.872 bits per heavy atom. The van der Waals surface area contributed by atoms with Gasteiger partial charge >= 0.3 is 0 Å². The van der Waals surface area contributed by atoms with Gasteiger partial charge in [-0.3, -0.25) is 4.79 Å². The minimum absolute atomic E-state index is 0.0738. The zero-order valence-corrected chi connectivity index (χ0v) is 25.9. The zero-order chi connectivity index (χ0) is 27.8. The van der Waals surface area contributed by atoms with Crippen molar-refractivity contribution in [3.63, 3.8) is 0 Å². The van der Waals surface area contributed by atoms with Gasteiger partial charge in [0.1, 0.15) is 0 Å². The second-order valence-electron chi connectivity index (χ2n) is 16.0. The molecule has 0 bridgehead atoms. The number of nitrogens with two attached hydrogens (primary N) is 1. The van der Waals surface area contributed by atoms with E-state index in [-0.39, 0.29) is 33.3 Å². The summed E-state index contributed by atoms with van der Waals surface area (Å²) in [5.74, 6) is 2.75. The summed E-state index contributed by atoms with van der Waals surface area (Å²) in [4.78, 5) is 19.0. The Morgan fingerprint density at radius 2 is 1.62 bits per heavy atom. The summed E-state index contributed by atoms with van der Waals surface area (Å²) >= 11 is 0. The Hall–Kier alpha value is -0.650. The second kappa shape index (κ2) is 9.69. The molecule has 1 heterocycles. The fourth-order valence-electron chi connectivity index (χ4n) is 12.9. The van der Waals surface area contributed by atoms with Crippen molar-refractivity contribution in [2.75, 3.05) is 32.7 Å². The van der Waals surface area contributed by atoms with Crippen LogP contribution < -0.4 is 5.73 Å². The number of carbonyl (C=O) groups is 1. The largest absolute Gasteiger partial charge is 0.393 e. The van der Waals surface area contributed by atoms with Crippen LogP contribution in [0.1, 0.15) is 118 Å². The number of aliphatic hydroxyl groups is 1. The van der Waals surface area contributed by atoms with Crippen molar-refractivity contribution in [1.82, 2.24) is 9.80 Å². The van der Waals surface area contributed by atoms with E-state index in [1.807, 2.05) is 0 Å². The summed E-state index contributed by atoms with van der Waals surface area (Å²) in [7, 11) is 0. The number of aliphatic hydroxyl groups excluding tert-OH is 1. The molecule has 0 aromatic heterocycles. The lowest BCUT2D eigenvalue weighted by molar-refractivity contribution is -0.248. The monoisotopic (exact) mass is 541 g/mol. The van der Waals surface area contributed by atoms with Crippen LogP contribution in [0.4, 0.5) is 0 Å². The number of rotatable bonds is 4. The van der Waals surface area contributed by atoms with Crippen LogP contribution in [0.3, 0.4) is 0 Å². The van der Waals surface area contributed by atoms with E-state index in [0.717, 1.165) is 77.7 Å². The quantitative estimate of drug-likeness (QED) is 0.469. The van der Waals surface area contributed by atoms with Gasteiger partial charge in [-0.25, -0.2) is 0 Å². The molecule has 9 atom stereocenters. The molecule has 0 aromatic carbocycles. The van der Waals surface area contributed by atoms with Gasteiger partial charge in [0.05, 0.1) is 11.5 Å². The van der Waals surface area contributed by atoms with E-state index in [1.54, 1.807) is 0 Å². The zero-order valence-electron chi connectivity index (χ0n) is 25.9. The number of nitrogens with zero attached hydrogens (tertiary/aromatic N) is 2. The van der Waals surface area contributed by atoms with Gasteiger partial charge < -0.3 is 20.6 Å². The molecule has 1 amide bonds. The Morgan fingerprint density at radius 3 is 2.31 bits per heavy atom. The van der Waals surface area contributed by atoms with E-state index in [4.69, 9.17) is 5.73 Å². The highest BCUT2D eigenvalue weighted by atomic mass is 16.3. The van der Waals surface area contributed by atoms with E-state index in [9.17, 15) is 9.90 Å². The van der Waals surface area contributed by atoms with Crippen LogP contribution in [-0.2, 0) is 4.79 Å². The molecular formula is C34H59N3O2. The molecule has 3 N–H and O–H groups in total. The van der Waals surface area contributed by atoms with Crippen molar-refractivity contribution in [3.8, 4) is 0 Å². The van der Waals surface area contributed by atoms with Gasteiger partial charge in [0, 0.05) is 31.7 Å². The highest BCUT2D eigenvalue weighted by Gasteiger charge is 2.72. The van der Waals surface area contributed by atoms with Crippen LogP contribution >= 0.6 is 0 Å². The van der Waals surface area contributed by atoms with E-state index in [2.05, 4.69) is 44.4 Å². The average molecular weight is 542 g/mol. The van der Waals surface area contributed by atoms with Crippen LogP contribution in [0.5, 0.6) is 0 Å². The smallest absolute Gasteiger partial charge is 0.229 e. The average Bonchev–Trinajstić information content (AvgIpc) is 3.38. The van der Waals surface area contributed by atoms with Crippen molar-refractivity contribution >= 4 is 5.91 Å². The van der Waals surface area contributed by atoms with Gasteiger partial charge in [-0.05, 0) is 117 Å². The molecule has 1 saturated heterocycles. The number of amides is 1. The van der Waals surface area contributed by atoms with Gasteiger partial charge in [0.25, 0.3) is 0 Å². The summed E-state index contributed by atoms with van der Waals surface area (Å²) in [6.45, 7) is 16.9. The summed E-state index contributed by atoms with van der Waals surface area (Å²) in [6.07, 6.45) is 14.8. The summed E-state index contributed by atoms with van der Waals surface area (Å²) in [5, 5.41) is 11.3. The molecule has 5 aliphatic carbocycles. The third-order valence-corrected chi connectivity index (χ3v) is 15.0. The molecule has 0 spiro atoms. The maximum atomic E-state index is 14.3. The fraction of sp³-hybridized carbons (Fsp3) is 0.971. The van der Waals surface area contributed by atoms with Crippen molar-refractivity contribution in [3.05, 3.63) is 0 Å². The summed E-state index contributed by atoms with van der Waals surface area (Å²) in [5.41, 5.74) is 7.85. The number of hydrogen-bond donors (Lipinski definition) is 2. The minimum Gasteiger partial charge on any atom is -0.393 e. The Bertz CT molecular complexity index is 945. The number of likely N-dealkylation sites (N-methyl/N-ethyl adjacent to an activating group) is 1. The SMILES string of the molecule is CCCC12CCC3(N)C4CCC5(C(=O)N6CCN(CC)CC6)CCCC5C4CCC3C1(C)CCC(O)C2(C)C. The summed E-state index contributed by atoms with van der Waals surface area (Å²) in [6, 6.07) is 0. The van der Waals surface area contributed by atoms with Crippen LogP contribution in [0, 0.1) is 45.3 Å². The molecule has 5 heteroatoms. The van der Waals surface area contributed by atoms with Gasteiger partial charge in [0.2, 0.25) is 5.91 Å². The van der Waals surface area contributed by atoms with Gasteiger partial charge in [-0.15, -0.1) is 0 Å². The van der Waals surface area contributed by atoms with Crippen molar-refractivity contribution in [2.24, 2.45) is 51.1 Å². The number of hydrogen-bond acceptors (Lipinski definition) is 4. The van der Waals surface area contributed by atoms with E-state index in [1.165, 1.54) is 38.5 Å². The molecule has 9 unspecified atom stereocenters. The van der Waals surface area contributed by atoms with E-state index >= 15 is 0 Å². The van der Waals surface area contributed by atoms with Crippen molar-refractivity contribution < 1.29 is 9.90 Å². The molecule has 39 heavy (non-hydrogen) atoms. The van der Waals surface area contributed by atoms with Crippen LogP contribution in [-0.4, -0.2) is 65.2 Å². The van der Waals surface area contributed by atoms with E-state index in [0.29, 0.717) is 29.6 Å². The minimum atomic E-state index is -0.210. The van der Waals surface area contributed by atoms with Gasteiger partial charge in [0.15, 0.2) is 0 Å². The highest BCUT2D eigenvalue weighted by Crippen LogP contribution is 2.75. The number of fused-ring (bicyclic) bond motifs is 7. The first-order chi connectivity index (χ1) is 18.5. The summed E-state index contributed by atoms with van der Waals surface area (Å²) < 4.78 is 0. The maximum absolute atomic E-state index is 14.3. The third kappa shape index (κ3) is 3.70. The molecule has 1 aliphatic heterocycles. The molecule has 6 fully saturated rings. The molecule has 5 saturated carbocycles. The van der Waals surface area contributed by atoms with Crippen LogP contribution in [0.15, 0.2) is 0 Å². The lowest BCUT2D eigenvalue weighted by atomic mass is 9.32. The predicted molar refractivity (Wildman–Crippen MR) is 158 cm³/mol. The van der Waals surface area contributed by atoms with E-state index < -0.39 is 0 Å². The molecule has 0 aromatic rings. The van der Waals surface area contributed by atoms with Gasteiger partial charge in [-0.1, -0.05) is 47.5 Å². The first kappa shape index (κ1) is 28.5. The number of piperazine rings is 1. The number of carbonyl (C=O) groups excluding carboxylic acids is 1. The van der Waals surface area contributed by atoms with Crippen molar-refractivity contribution in [2.45, 2.75) is 130 Å². The molecular weight excluding hydrogens is 482 g/mol. The fourth-order valence-corrected chi connectivity index (χ4v) is 12.9. The molecule has 222 valence electrons. The van der Waals surface area contributed by atoms with Crippen molar-refractivity contribution in [1.29, 1.82) is 0 Å². The van der Waals surface area contributed by atoms with Gasteiger partial charge in [-0.2, -0.15) is 0 Å². The lowest BCUT2D eigenvalue weighted by Gasteiger charge is -2.73. The normalized spacial score (nSPS) is 49.5. The van der Waals surface area contributed by atoms with Crippen LogP contribution in [0.25, 0.3) is 0 Å². The lowest BCUT2D eigenvalue weighted by Crippen LogP contribution is -2.74. The molecule has 6 rings (SSSR count). The first-order valence-electron chi connectivity index (χ1n) is 17.0. The Kier molecular flexibility index (Phi) is 7.08. The predicted octanol–water partition coefficient (Wildman–Crippen LogP) is 5.84.